The van der Waals surface area contributed by atoms with Gasteiger partial charge in [0.2, 0.25) is 5.91 Å². The molecule has 1 aromatic heterocycles. The Morgan fingerprint density at radius 2 is 2.03 bits per heavy atom. The van der Waals surface area contributed by atoms with E-state index in [4.69, 9.17) is 4.74 Å². The van der Waals surface area contributed by atoms with E-state index in [1.807, 2.05) is 43.0 Å². The minimum atomic E-state index is 0. The fourth-order valence-corrected chi connectivity index (χ4v) is 4.09. The lowest BCUT2D eigenvalue weighted by molar-refractivity contribution is -0.131. The normalized spacial score (nSPS) is 17.0. The third-order valence-corrected chi connectivity index (χ3v) is 5.49. The van der Waals surface area contributed by atoms with Crippen LogP contribution in [0.4, 0.5) is 0 Å². The smallest absolute Gasteiger partial charge is 0.226 e. The Bertz CT molecular complexity index is 830. The van der Waals surface area contributed by atoms with Gasteiger partial charge in [0.15, 0.2) is 0 Å². The summed E-state index contributed by atoms with van der Waals surface area (Å²) in [7, 11) is 0. The Hall–Kier alpha value is -2.12. The molecule has 1 fully saturated rings. The molecule has 1 amide bonds. The molecule has 0 radical (unpaired) electrons. The summed E-state index contributed by atoms with van der Waals surface area (Å²) in [5.41, 5.74) is 1.00. The van der Waals surface area contributed by atoms with Crippen LogP contribution in [0.1, 0.15) is 49.8 Å². The van der Waals surface area contributed by atoms with E-state index in [0.29, 0.717) is 12.3 Å². The number of carbonyl (C=O) groups excluding carboxylic acids is 1. The van der Waals surface area contributed by atoms with E-state index >= 15 is 0 Å². The molecule has 2 aliphatic heterocycles. The van der Waals surface area contributed by atoms with Crippen LogP contribution in [0.25, 0.3) is 0 Å². The molecule has 0 unspecified atom stereocenters. The van der Waals surface area contributed by atoms with Crippen LogP contribution >= 0.6 is 12.4 Å². The zero-order valence-corrected chi connectivity index (χ0v) is 18.0. The van der Waals surface area contributed by atoms with Gasteiger partial charge >= 0.3 is 0 Å². The van der Waals surface area contributed by atoms with E-state index in [0.717, 1.165) is 68.5 Å². The number of nitrogens with zero attached hydrogens (tertiary/aromatic N) is 4. The van der Waals surface area contributed by atoms with Crippen LogP contribution in [0.5, 0.6) is 5.75 Å². The molecule has 0 spiro atoms. The largest absolute Gasteiger partial charge is 0.491 e. The zero-order chi connectivity index (χ0) is 19.5. The summed E-state index contributed by atoms with van der Waals surface area (Å²) in [6.07, 6.45) is 2.46. The minimum Gasteiger partial charge on any atom is -0.491 e. The number of likely N-dealkylation sites (tertiary alicyclic amines) is 1. The Morgan fingerprint density at radius 1 is 1.24 bits per heavy atom. The van der Waals surface area contributed by atoms with Gasteiger partial charge in [-0.25, -0.2) is 0 Å². The van der Waals surface area contributed by atoms with Crippen LogP contribution in [0, 0.1) is 0 Å². The van der Waals surface area contributed by atoms with Gasteiger partial charge in [-0.3, -0.25) is 4.79 Å². The maximum absolute atomic E-state index is 12.8. The predicted octanol–water partition coefficient (Wildman–Crippen LogP) is 2.54. The molecule has 1 saturated heterocycles. The standard InChI is InChI=1S/C21H29N5O2.ClH/c1-15(2)28-18-5-3-4-16(12-18)13-20(27)25-9-6-17(7-10-25)21-24-23-19-14-22-8-11-26(19)21;/h3-5,12,15,17,22H,6-11,13-14H2,1-2H3;1H. The van der Waals surface area contributed by atoms with E-state index in [1.54, 1.807) is 0 Å². The van der Waals surface area contributed by atoms with Gasteiger partial charge in [-0.2, -0.15) is 0 Å². The van der Waals surface area contributed by atoms with E-state index < -0.39 is 0 Å². The van der Waals surface area contributed by atoms with Gasteiger partial charge in [-0.15, -0.1) is 22.6 Å². The predicted molar refractivity (Wildman–Crippen MR) is 113 cm³/mol. The summed E-state index contributed by atoms with van der Waals surface area (Å²) < 4.78 is 8.00. The molecule has 2 aliphatic rings. The van der Waals surface area contributed by atoms with Crippen molar-refractivity contribution >= 4 is 18.3 Å². The molecule has 0 saturated carbocycles. The molecule has 8 heteroatoms. The molecule has 0 bridgehead atoms. The molecular weight excluding hydrogens is 390 g/mol. The van der Waals surface area contributed by atoms with Gasteiger partial charge in [-0.1, -0.05) is 12.1 Å². The molecular formula is C21H30ClN5O2. The Morgan fingerprint density at radius 3 is 2.79 bits per heavy atom. The first-order valence-electron chi connectivity index (χ1n) is 10.3. The second-order valence-electron chi connectivity index (χ2n) is 7.95. The highest BCUT2D eigenvalue weighted by molar-refractivity contribution is 5.85. The Balaban J connectivity index is 0.00000240. The van der Waals surface area contributed by atoms with Crippen molar-refractivity contribution in [2.75, 3.05) is 19.6 Å². The van der Waals surface area contributed by atoms with Gasteiger partial charge < -0.3 is 19.5 Å². The van der Waals surface area contributed by atoms with Crippen LogP contribution in [0.15, 0.2) is 24.3 Å². The highest BCUT2D eigenvalue weighted by atomic mass is 35.5. The van der Waals surface area contributed by atoms with Crippen molar-refractivity contribution in [1.82, 2.24) is 25.0 Å². The maximum Gasteiger partial charge on any atom is 0.226 e. The summed E-state index contributed by atoms with van der Waals surface area (Å²) in [6.45, 7) is 8.28. The van der Waals surface area contributed by atoms with Crippen molar-refractivity contribution < 1.29 is 9.53 Å². The number of amides is 1. The second-order valence-corrected chi connectivity index (χ2v) is 7.95. The van der Waals surface area contributed by atoms with E-state index in [-0.39, 0.29) is 24.4 Å². The summed E-state index contributed by atoms with van der Waals surface area (Å²) in [5.74, 6) is 3.54. The first-order chi connectivity index (χ1) is 13.6. The SMILES string of the molecule is CC(C)Oc1cccc(CC(=O)N2CCC(c3nnc4n3CCNC4)CC2)c1.Cl. The van der Waals surface area contributed by atoms with Gasteiger partial charge in [-0.05, 0) is 44.4 Å². The number of hydrogen-bond acceptors (Lipinski definition) is 5. The van der Waals surface area contributed by atoms with Crippen molar-refractivity contribution in [2.45, 2.75) is 58.2 Å². The number of ether oxygens (including phenoxy) is 1. The molecule has 0 aliphatic carbocycles. The average Bonchev–Trinajstić information content (AvgIpc) is 3.12. The molecule has 1 aromatic carbocycles. The van der Waals surface area contributed by atoms with Gasteiger partial charge in [0.25, 0.3) is 0 Å². The average molecular weight is 420 g/mol. The monoisotopic (exact) mass is 419 g/mol. The molecule has 158 valence electrons. The fraction of sp³-hybridized carbons (Fsp3) is 0.571. The number of piperidine rings is 1. The summed E-state index contributed by atoms with van der Waals surface area (Å²) >= 11 is 0. The van der Waals surface area contributed by atoms with Crippen LogP contribution < -0.4 is 10.1 Å². The van der Waals surface area contributed by atoms with Crippen molar-refractivity contribution in [3.05, 3.63) is 41.5 Å². The Labute approximate surface area is 178 Å². The lowest BCUT2D eigenvalue weighted by Crippen LogP contribution is -2.39. The number of halogens is 1. The fourth-order valence-electron chi connectivity index (χ4n) is 4.09. The van der Waals surface area contributed by atoms with Crippen molar-refractivity contribution in [2.24, 2.45) is 0 Å². The molecule has 4 rings (SSSR count). The third-order valence-electron chi connectivity index (χ3n) is 5.49. The van der Waals surface area contributed by atoms with Crippen LogP contribution in [0.2, 0.25) is 0 Å². The number of rotatable bonds is 5. The highest BCUT2D eigenvalue weighted by Gasteiger charge is 2.28. The van der Waals surface area contributed by atoms with Gasteiger partial charge in [0.1, 0.15) is 17.4 Å². The van der Waals surface area contributed by atoms with E-state index in [2.05, 4.69) is 20.1 Å². The molecule has 0 atom stereocenters. The lowest BCUT2D eigenvalue weighted by Gasteiger charge is -2.32. The first-order valence-corrected chi connectivity index (χ1v) is 10.3. The summed E-state index contributed by atoms with van der Waals surface area (Å²) in [5, 5.41) is 12.1. The van der Waals surface area contributed by atoms with Crippen LogP contribution in [-0.2, 0) is 24.3 Å². The number of benzene rings is 1. The van der Waals surface area contributed by atoms with E-state index in [1.165, 1.54) is 0 Å². The van der Waals surface area contributed by atoms with E-state index in [9.17, 15) is 4.79 Å². The molecule has 29 heavy (non-hydrogen) atoms. The number of aromatic nitrogens is 3. The molecule has 2 aromatic rings. The molecule has 1 N–H and O–H groups in total. The zero-order valence-electron chi connectivity index (χ0n) is 17.1. The Kier molecular flexibility index (Phi) is 7.14. The minimum absolute atomic E-state index is 0. The summed E-state index contributed by atoms with van der Waals surface area (Å²) in [6, 6.07) is 7.86. The molecule has 3 heterocycles. The number of fused-ring (bicyclic) bond motifs is 1. The summed E-state index contributed by atoms with van der Waals surface area (Å²) in [4.78, 5) is 14.8. The topological polar surface area (TPSA) is 72.3 Å². The quantitative estimate of drug-likeness (QED) is 0.806. The second kappa shape index (κ2) is 9.59. The number of carbonyl (C=O) groups is 1. The van der Waals surface area contributed by atoms with Crippen molar-refractivity contribution in [3.8, 4) is 5.75 Å². The van der Waals surface area contributed by atoms with Gasteiger partial charge in [0.05, 0.1) is 19.1 Å². The lowest BCUT2D eigenvalue weighted by atomic mass is 9.95. The molecule has 7 nitrogen and oxygen atoms in total. The number of hydrogen-bond donors (Lipinski definition) is 1. The number of nitrogens with one attached hydrogen (secondary N) is 1. The highest BCUT2D eigenvalue weighted by Crippen LogP contribution is 2.28. The van der Waals surface area contributed by atoms with Gasteiger partial charge in [0, 0.05) is 32.1 Å². The van der Waals surface area contributed by atoms with Crippen LogP contribution in [-0.4, -0.2) is 51.3 Å². The maximum atomic E-state index is 12.8. The van der Waals surface area contributed by atoms with Crippen LogP contribution in [0.3, 0.4) is 0 Å². The first kappa shape index (κ1) is 21.6. The van der Waals surface area contributed by atoms with Crippen molar-refractivity contribution in [3.63, 3.8) is 0 Å². The van der Waals surface area contributed by atoms with Crippen molar-refractivity contribution in [1.29, 1.82) is 0 Å². The third kappa shape index (κ3) is 5.08.